The molecule has 0 radical (unpaired) electrons. The summed E-state index contributed by atoms with van der Waals surface area (Å²) < 4.78 is 72.5. The lowest BCUT2D eigenvalue weighted by Gasteiger charge is -2.11. The Morgan fingerprint density at radius 2 is 2.12 bits per heavy atom. The fourth-order valence-electron chi connectivity index (χ4n) is 1.95. The van der Waals surface area contributed by atoms with E-state index < -0.39 is 25.0 Å². The van der Waals surface area contributed by atoms with E-state index in [0.29, 0.717) is 16.9 Å². The first-order valence-corrected chi connectivity index (χ1v) is 7.43. The molecular formula is C14H13F5N4O2S. The van der Waals surface area contributed by atoms with Gasteiger partial charge < -0.3 is 9.47 Å². The summed E-state index contributed by atoms with van der Waals surface area (Å²) in [4.78, 5) is 0. The van der Waals surface area contributed by atoms with Crippen molar-refractivity contribution in [3.63, 3.8) is 0 Å². The van der Waals surface area contributed by atoms with Crippen LogP contribution >= 0.6 is 12.2 Å². The number of alkyl halides is 5. The molecule has 142 valence electrons. The average molecular weight is 396 g/mol. The maximum atomic E-state index is 12.8. The number of benzene rings is 1. The molecule has 1 aromatic heterocycles. The van der Waals surface area contributed by atoms with Gasteiger partial charge in [-0.15, -0.1) is 0 Å². The van der Waals surface area contributed by atoms with E-state index in [4.69, 9.17) is 17.0 Å². The molecular weight excluding hydrogens is 383 g/mol. The van der Waals surface area contributed by atoms with E-state index in [1.54, 1.807) is 6.07 Å². The van der Waals surface area contributed by atoms with E-state index in [9.17, 15) is 22.0 Å². The molecule has 2 rings (SSSR count). The molecule has 0 saturated heterocycles. The molecule has 26 heavy (non-hydrogen) atoms. The van der Waals surface area contributed by atoms with Gasteiger partial charge in [0.25, 0.3) is 6.43 Å². The number of H-pyrrole nitrogens is 1. The zero-order valence-corrected chi connectivity index (χ0v) is 14.1. The van der Waals surface area contributed by atoms with Crippen molar-refractivity contribution in [1.29, 1.82) is 0 Å². The summed E-state index contributed by atoms with van der Waals surface area (Å²) in [7, 11) is 1.36. The van der Waals surface area contributed by atoms with Gasteiger partial charge in [-0.1, -0.05) is 0 Å². The Labute approximate surface area is 149 Å². The van der Waals surface area contributed by atoms with Gasteiger partial charge in [0.2, 0.25) is 10.6 Å². The fraction of sp³-hybridized carbons (Fsp3) is 0.357. The normalized spacial score (nSPS) is 12.3. The van der Waals surface area contributed by atoms with Crippen molar-refractivity contribution >= 4 is 18.4 Å². The molecule has 0 aliphatic carbocycles. The first-order chi connectivity index (χ1) is 12.2. The van der Waals surface area contributed by atoms with E-state index in [1.807, 2.05) is 0 Å². The second kappa shape index (κ2) is 8.36. The van der Waals surface area contributed by atoms with E-state index >= 15 is 0 Å². The standard InChI is InChI=1S/C14H13F5N4O2S/c1-24-10-3-2-8(4-9(10)6-25-7-14(17,18)19)5-20-23-12(11(15)16)21-22-13(23)26/h2-5,11H,6-7H2,1H3,(H,22,26)/b20-5+. The third-order valence-electron chi connectivity index (χ3n) is 3.02. The third kappa shape index (κ3) is 5.33. The minimum Gasteiger partial charge on any atom is -0.496 e. The van der Waals surface area contributed by atoms with Gasteiger partial charge in [0.1, 0.15) is 12.4 Å². The van der Waals surface area contributed by atoms with E-state index in [0.717, 1.165) is 4.68 Å². The van der Waals surface area contributed by atoms with Crippen LogP contribution in [0.25, 0.3) is 0 Å². The van der Waals surface area contributed by atoms with Crippen LogP contribution in [0.4, 0.5) is 22.0 Å². The summed E-state index contributed by atoms with van der Waals surface area (Å²) in [6.07, 6.45) is -6.12. The van der Waals surface area contributed by atoms with E-state index in [1.165, 1.54) is 25.5 Å². The number of hydrogen-bond acceptors (Lipinski definition) is 5. The van der Waals surface area contributed by atoms with Crippen molar-refractivity contribution in [3.05, 3.63) is 39.9 Å². The van der Waals surface area contributed by atoms with Gasteiger partial charge in [-0.25, -0.2) is 13.9 Å². The van der Waals surface area contributed by atoms with Crippen molar-refractivity contribution in [3.8, 4) is 5.75 Å². The molecule has 0 saturated carbocycles. The van der Waals surface area contributed by atoms with Crippen LogP contribution in [0.3, 0.4) is 0 Å². The monoisotopic (exact) mass is 396 g/mol. The summed E-state index contributed by atoms with van der Waals surface area (Å²) in [5.41, 5.74) is 0.755. The SMILES string of the molecule is COc1ccc(/C=N/n2c(C(F)F)n[nH]c2=S)cc1COCC(F)(F)F. The number of aromatic nitrogens is 3. The van der Waals surface area contributed by atoms with Crippen molar-refractivity contribution < 1.29 is 31.4 Å². The molecule has 1 N–H and O–H groups in total. The van der Waals surface area contributed by atoms with Crippen LogP contribution in [-0.4, -0.2) is 41.0 Å². The highest BCUT2D eigenvalue weighted by Crippen LogP contribution is 2.22. The van der Waals surface area contributed by atoms with Gasteiger partial charge in [-0.05, 0) is 36.0 Å². The topological polar surface area (TPSA) is 64.4 Å². The molecule has 0 unspecified atom stereocenters. The lowest BCUT2D eigenvalue weighted by molar-refractivity contribution is -0.176. The summed E-state index contributed by atoms with van der Waals surface area (Å²) in [6, 6.07) is 4.50. The molecule has 12 heteroatoms. The van der Waals surface area contributed by atoms with Crippen LogP contribution < -0.4 is 4.74 Å². The predicted molar refractivity (Wildman–Crippen MR) is 84.1 cm³/mol. The largest absolute Gasteiger partial charge is 0.496 e. The molecule has 0 fully saturated rings. The number of nitrogens with one attached hydrogen (secondary N) is 1. The number of methoxy groups -OCH3 is 1. The van der Waals surface area contributed by atoms with Crippen molar-refractivity contribution in [2.45, 2.75) is 19.2 Å². The van der Waals surface area contributed by atoms with Crippen LogP contribution in [0.5, 0.6) is 5.75 Å². The molecule has 0 atom stereocenters. The number of aromatic amines is 1. The van der Waals surface area contributed by atoms with Gasteiger partial charge in [0.05, 0.1) is 19.9 Å². The Kier molecular flexibility index (Phi) is 6.42. The van der Waals surface area contributed by atoms with Crippen LogP contribution in [-0.2, 0) is 11.3 Å². The fourth-order valence-corrected chi connectivity index (χ4v) is 2.14. The highest BCUT2D eigenvalue weighted by molar-refractivity contribution is 7.71. The van der Waals surface area contributed by atoms with Gasteiger partial charge in [-0.3, -0.25) is 0 Å². The van der Waals surface area contributed by atoms with Gasteiger partial charge >= 0.3 is 6.18 Å². The Morgan fingerprint density at radius 1 is 1.38 bits per heavy atom. The third-order valence-corrected chi connectivity index (χ3v) is 3.28. The molecule has 0 bridgehead atoms. The summed E-state index contributed by atoms with van der Waals surface area (Å²) >= 11 is 4.82. The molecule has 0 spiro atoms. The number of hydrogen-bond donors (Lipinski definition) is 1. The minimum atomic E-state index is -4.45. The first kappa shape index (κ1) is 20.0. The highest BCUT2D eigenvalue weighted by Gasteiger charge is 2.27. The Morgan fingerprint density at radius 3 is 2.73 bits per heavy atom. The smallest absolute Gasteiger partial charge is 0.411 e. The van der Waals surface area contributed by atoms with Crippen LogP contribution in [0.1, 0.15) is 23.4 Å². The molecule has 2 aromatic rings. The molecule has 0 aliphatic heterocycles. The average Bonchev–Trinajstić information content (AvgIpc) is 2.93. The maximum absolute atomic E-state index is 12.8. The number of ether oxygens (including phenoxy) is 2. The van der Waals surface area contributed by atoms with Gasteiger partial charge in [0.15, 0.2) is 0 Å². The second-order valence-corrected chi connectivity index (χ2v) is 5.31. The summed E-state index contributed by atoms with van der Waals surface area (Å²) in [5.74, 6) is -0.342. The highest BCUT2D eigenvalue weighted by atomic mass is 32.1. The van der Waals surface area contributed by atoms with Crippen LogP contribution in [0.2, 0.25) is 0 Å². The maximum Gasteiger partial charge on any atom is 0.411 e. The summed E-state index contributed by atoms with van der Waals surface area (Å²) in [6.45, 7) is -1.76. The van der Waals surface area contributed by atoms with E-state index in [-0.39, 0.29) is 11.4 Å². The Balaban J connectivity index is 2.21. The van der Waals surface area contributed by atoms with Crippen molar-refractivity contribution in [2.75, 3.05) is 13.7 Å². The quantitative estimate of drug-likeness (QED) is 0.439. The molecule has 0 aliphatic rings. The van der Waals surface area contributed by atoms with E-state index in [2.05, 4.69) is 20.0 Å². The Bertz CT molecular complexity index is 831. The number of halogens is 5. The van der Waals surface area contributed by atoms with Gasteiger partial charge in [-0.2, -0.15) is 28.0 Å². The van der Waals surface area contributed by atoms with Crippen molar-refractivity contribution in [1.82, 2.24) is 14.9 Å². The zero-order valence-electron chi connectivity index (χ0n) is 13.3. The predicted octanol–water partition coefficient (Wildman–Crippen LogP) is 3.85. The Hall–Kier alpha value is -2.34. The molecule has 1 heterocycles. The molecule has 1 aromatic carbocycles. The van der Waals surface area contributed by atoms with Crippen molar-refractivity contribution in [2.24, 2.45) is 5.10 Å². The lowest BCUT2D eigenvalue weighted by atomic mass is 10.1. The second-order valence-electron chi connectivity index (χ2n) is 4.92. The lowest BCUT2D eigenvalue weighted by Crippen LogP contribution is -2.16. The summed E-state index contributed by atoms with van der Waals surface area (Å²) in [5, 5.41) is 9.40. The number of nitrogens with zero attached hydrogens (tertiary/aromatic N) is 3. The number of rotatable bonds is 7. The first-order valence-electron chi connectivity index (χ1n) is 7.02. The molecule has 0 amide bonds. The van der Waals surface area contributed by atoms with Crippen LogP contribution in [0.15, 0.2) is 23.3 Å². The molecule has 6 nitrogen and oxygen atoms in total. The van der Waals surface area contributed by atoms with Gasteiger partial charge in [0, 0.05) is 5.56 Å². The minimum absolute atomic E-state index is 0.126. The zero-order chi connectivity index (χ0) is 19.3. The van der Waals surface area contributed by atoms with Crippen LogP contribution in [0, 0.1) is 4.77 Å².